The highest BCUT2D eigenvalue weighted by atomic mass is 32.2. The van der Waals surface area contributed by atoms with Crippen LogP contribution in [-0.2, 0) is 6.54 Å². The molecule has 0 aliphatic carbocycles. The lowest BCUT2D eigenvalue weighted by Crippen LogP contribution is -2.23. The number of hydrogen-bond acceptors (Lipinski definition) is 5. The number of carbonyl (C=O) groups excluding carboxylic acids is 1. The molecule has 1 heterocycles. The summed E-state index contributed by atoms with van der Waals surface area (Å²) in [5.41, 5.74) is 0.953. The molecule has 2 aromatic rings. The van der Waals surface area contributed by atoms with Crippen LogP contribution in [0.15, 0.2) is 35.4 Å². The standard InChI is InChI=1S/C12H12N4O3S/c1-20-11-3-2-8(6-10(11)16(18)19)12(17)13-7-9-4-5-14-15-9/h2-6H,7H2,1H3,(H,13,17)(H,14,15). The van der Waals surface area contributed by atoms with Gasteiger partial charge in [-0.2, -0.15) is 5.10 Å². The zero-order chi connectivity index (χ0) is 14.5. The van der Waals surface area contributed by atoms with E-state index in [-0.39, 0.29) is 23.7 Å². The fraction of sp³-hybridized carbons (Fsp3) is 0.167. The predicted octanol–water partition coefficient (Wildman–Crippen LogP) is 1.97. The quantitative estimate of drug-likeness (QED) is 0.498. The van der Waals surface area contributed by atoms with Crippen molar-refractivity contribution in [3.05, 3.63) is 51.8 Å². The third-order valence-corrected chi connectivity index (χ3v) is 3.42. The monoisotopic (exact) mass is 292 g/mol. The third kappa shape index (κ3) is 3.15. The summed E-state index contributed by atoms with van der Waals surface area (Å²) in [5, 5.41) is 20.1. The Morgan fingerprint density at radius 2 is 2.30 bits per heavy atom. The van der Waals surface area contributed by atoms with Gasteiger partial charge in [-0.15, -0.1) is 11.8 Å². The second-order valence-electron chi connectivity index (χ2n) is 3.91. The molecule has 104 valence electrons. The molecule has 1 aromatic heterocycles. The van der Waals surface area contributed by atoms with Crippen molar-refractivity contribution in [3.8, 4) is 0 Å². The number of hydrogen-bond donors (Lipinski definition) is 2. The number of benzene rings is 1. The fourth-order valence-electron chi connectivity index (χ4n) is 1.63. The van der Waals surface area contributed by atoms with Crippen LogP contribution in [0, 0.1) is 10.1 Å². The molecule has 7 nitrogen and oxygen atoms in total. The fourth-order valence-corrected chi connectivity index (χ4v) is 2.18. The first-order valence-corrected chi connectivity index (χ1v) is 6.93. The van der Waals surface area contributed by atoms with Crippen molar-refractivity contribution >= 4 is 23.4 Å². The Bertz CT molecular complexity index is 628. The van der Waals surface area contributed by atoms with Gasteiger partial charge in [0, 0.05) is 17.8 Å². The van der Waals surface area contributed by atoms with Crippen molar-refractivity contribution in [1.29, 1.82) is 0 Å². The van der Waals surface area contributed by atoms with Crippen LogP contribution >= 0.6 is 11.8 Å². The molecule has 8 heteroatoms. The van der Waals surface area contributed by atoms with Crippen LogP contribution < -0.4 is 5.32 Å². The van der Waals surface area contributed by atoms with Crippen LogP contribution in [-0.4, -0.2) is 27.3 Å². The number of H-pyrrole nitrogens is 1. The number of rotatable bonds is 5. The van der Waals surface area contributed by atoms with Crippen LogP contribution in [0.4, 0.5) is 5.69 Å². The third-order valence-electron chi connectivity index (χ3n) is 2.64. The summed E-state index contributed by atoms with van der Waals surface area (Å²) in [7, 11) is 0. The van der Waals surface area contributed by atoms with E-state index in [1.165, 1.54) is 17.8 Å². The van der Waals surface area contributed by atoms with Crippen LogP contribution in [0.25, 0.3) is 0 Å². The minimum atomic E-state index is -0.489. The summed E-state index contributed by atoms with van der Waals surface area (Å²) < 4.78 is 0. The number of aromatic amines is 1. The van der Waals surface area contributed by atoms with Gasteiger partial charge in [0.1, 0.15) is 0 Å². The van der Waals surface area contributed by atoms with Crippen molar-refractivity contribution < 1.29 is 9.72 Å². The highest BCUT2D eigenvalue weighted by molar-refractivity contribution is 7.98. The summed E-state index contributed by atoms with van der Waals surface area (Å²) in [6, 6.07) is 6.17. The van der Waals surface area contributed by atoms with Gasteiger partial charge in [-0.3, -0.25) is 20.0 Å². The normalized spacial score (nSPS) is 10.2. The van der Waals surface area contributed by atoms with Crippen LogP contribution in [0.5, 0.6) is 0 Å². The Balaban J connectivity index is 2.13. The Morgan fingerprint density at radius 1 is 1.50 bits per heavy atom. The lowest BCUT2D eigenvalue weighted by molar-refractivity contribution is -0.387. The number of nitro groups is 1. The lowest BCUT2D eigenvalue weighted by atomic mass is 10.2. The first kappa shape index (κ1) is 14.1. The van der Waals surface area contributed by atoms with Crippen molar-refractivity contribution in [3.63, 3.8) is 0 Å². The minimum absolute atomic E-state index is 0.0632. The first-order valence-electron chi connectivity index (χ1n) is 5.70. The molecule has 1 aromatic carbocycles. The van der Waals surface area contributed by atoms with E-state index < -0.39 is 4.92 Å². The van der Waals surface area contributed by atoms with E-state index in [1.54, 1.807) is 30.7 Å². The number of nitrogens with one attached hydrogen (secondary N) is 2. The Labute approximate surface area is 118 Å². The van der Waals surface area contributed by atoms with E-state index >= 15 is 0 Å². The zero-order valence-corrected chi connectivity index (χ0v) is 11.4. The number of nitrogens with zero attached hydrogens (tertiary/aromatic N) is 2. The van der Waals surface area contributed by atoms with E-state index in [2.05, 4.69) is 15.5 Å². The molecule has 0 aliphatic heterocycles. The minimum Gasteiger partial charge on any atom is -0.346 e. The zero-order valence-electron chi connectivity index (χ0n) is 10.6. The molecular weight excluding hydrogens is 280 g/mol. The highest BCUT2D eigenvalue weighted by Crippen LogP contribution is 2.28. The second kappa shape index (κ2) is 6.20. The van der Waals surface area contributed by atoms with Gasteiger partial charge in [0.25, 0.3) is 11.6 Å². The maximum atomic E-state index is 11.9. The molecule has 0 radical (unpaired) electrons. The second-order valence-corrected chi connectivity index (χ2v) is 4.76. The summed E-state index contributed by atoms with van der Waals surface area (Å²) in [4.78, 5) is 22.9. The molecule has 0 spiro atoms. The van der Waals surface area contributed by atoms with Gasteiger partial charge in [0.15, 0.2) is 0 Å². The van der Waals surface area contributed by atoms with E-state index in [9.17, 15) is 14.9 Å². The molecule has 2 N–H and O–H groups in total. The first-order chi connectivity index (χ1) is 9.61. The summed E-state index contributed by atoms with van der Waals surface area (Å²) >= 11 is 1.27. The SMILES string of the molecule is CSc1ccc(C(=O)NCc2ccn[nH]2)cc1[N+](=O)[O-]. The maximum absolute atomic E-state index is 11.9. The molecule has 0 aliphatic rings. The molecule has 0 fully saturated rings. The van der Waals surface area contributed by atoms with Crippen molar-refractivity contribution in [2.75, 3.05) is 6.26 Å². The number of carbonyl (C=O) groups is 1. The summed E-state index contributed by atoms with van der Waals surface area (Å²) in [6.07, 6.45) is 3.33. The number of nitro benzene ring substituents is 1. The maximum Gasteiger partial charge on any atom is 0.283 e. The van der Waals surface area contributed by atoms with Crippen LogP contribution in [0.2, 0.25) is 0 Å². The largest absolute Gasteiger partial charge is 0.346 e. The van der Waals surface area contributed by atoms with Gasteiger partial charge in [-0.05, 0) is 24.5 Å². The number of thioether (sulfide) groups is 1. The van der Waals surface area contributed by atoms with E-state index in [0.717, 1.165) is 5.69 Å². The van der Waals surface area contributed by atoms with E-state index in [0.29, 0.717) is 4.90 Å². The van der Waals surface area contributed by atoms with Crippen LogP contribution in [0.1, 0.15) is 16.1 Å². The number of amides is 1. The van der Waals surface area contributed by atoms with Gasteiger partial charge in [0.2, 0.25) is 0 Å². The summed E-state index contributed by atoms with van der Waals surface area (Å²) in [6.45, 7) is 0.289. The van der Waals surface area contributed by atoms with Gasteiger partial charge >= 0.3 is 0 Å². The Kier molecular flexibility index (Phi) is 4.36. The predicted molar refractivity (Wildman–Crippen MR) is 74.6 cm³/mol. The van der Waals surface area contributed by atoms with Gasteiger partial charge in [-0.1, -0.05) is 0 Å². The lowest BCUT2D eigenvalue weighted by Gasteiger charge is -2.05. The summed E-state index contributed by atoms with van der Waals surface area (Å²) in [5.74, 6) is -0.365. The molecule has 0 bridgehead atoms. The number of aromatic nitrogens is 2. The average Bonchev–Trinajstić information content (AvgIpc) is 2.97. The van der Waals surface area contributed by atoms with Crippen molar-refractivity contribution in [1.82, 2.24) is 15.5 Å². The topological polar surface area (TPSA) is 101 Å². The molecule has 0 saturated carbocycles. The van der Waals surface area contributed by atoms with E-state index in [4.69, 9.17) is 0 Å². The average molecular weight is 292 g/mol. The van der Waals surface area contributed by atoms with Gasteiger partial charge in [0.05, 0.1) is 22.1 Å². The van der Waals surface area contributed by atoms with Gasteiger partial charge in [-0.25, -0.2) is 0 Å². The Hall–Kier alpha value is -2.35. The molecule has 20 heavy (non-hydrogen) atoms. The molecule has 1 amide bonds. The molecular formula is C12H12N4O3S. The van der Waals surface area contributed by atoms with Gasteiger partial charge < -0.3 is 5.32 Å². The van der Waals surface area contributed by atoms with Crippen molar-refractivity contribution in [2.45, 2.75) is 11.4 Å². The molecule has 2 rings (SSSR count). The van der Waals surface area contributed by atoms with E-state index in [1.807, 2.05) is 0 Å². The smallest absolute Gasteiger partial charge is 0.283 e. The van der Waals surface area contributed by atoms with Crippen LogP contribution in [0.3, 0.4) is 0 Å². The Morgan fingerprint density at radius 3 is 2.90 bits per heavy atom. The molecule has 0 unspecified atom stereocenters. The van der Waals surface area contributed by atoms with Crippen molar-refractivity contribution in [2.24, 2.45) is 0 Å². The molecule has 0 atom stereocenters. The highest BCUT2D eigenvalue weighted by Gasteiger charge is 2.16. The molecule has 0 saturated heterocycles.